The molecule has 0 bridgehead atoms. The third kappa shape index (κ3) is 2.82. The van der Waals surface area contributed by atoms with Crippen molar-refractivity contribution in [2.75, 3.05) is 32.2 Å². The number of fused-ring (bicyclic) bond motifs is 3. The number of anilines is 2. The normalized spacial score (nSPS) is 22.3. The van der Waals surface area contributed by atoms with Crippen molar-refractivity contribution in [1.82, 2.24) is 4.90 Å². The van der Waals surface area contributed by atoms with Gasteiger partial charge in [0, 0.05) is 42.5 Å². The van der Waals surface area contributed by atoms with Gasteiger partial charge in [-0.15, -0.1) is 0 Å². The molecule has 2 atom stereocenters. The lowest BCUT2D eigenvalue weighted by Crippen LogP contribution is -2.47. The van der Waals surface area contributed by atoms with Gasteiger partial charge in [-0.3, -0.25) is 0 Å². The van der Waals surface area contributed by atoms with Crippen LogP contribution >= 0.6 is 0 Å². The highest BCUT2D eigenvalue weighted by Gasteiger charge is 2.43. The van der Waals surface area contributed by atoms with Crippen molar-refractivity contribution >= 4 is 11.4 Å². The zero-order valence-corrected chi connectivity index (χ0v) is 16.1. The number of nitrogens with zero attached hydrogens (tertiary/aromatic N) is 2. The standard InChI is InChI=1S/C22H28N2O2/c1-15(2)23-12-11-22-20(14-23)19-13-18(26-4)9-10-21(19)24(22)16-5-7-17(25-3)8-6-16/h5-10,13,15,20,22H,11-12,14H2,1-4H3/t20-,22+/m0/s1. The Morgan fingerprint density at radius 2 is 1.65 bits per heavy atom. The van der Waals surface area contributed by atoms with Gasteiger partial charge >= 0.3 is 0 Å². The zero-order chi connectivity index (χ0) is 18.3. The Hall–Kier alpha value is -2.20. The van der Waals surface area contributed by atoms with Crippen molar-refractivity contribution in [3.05, 3.63) is 48.0 Å². The second-order valence-electron chi connectivity index (χ2n) is 7.54. The van der Waals surface area contributed by atoms with E-state index in [1.54, 1.807) is 14.2 Å². The summed E-state index contributed by atoms with van der Waals surface area (Å²) < 4.78 is 10.9. The minimum absolute atomic E-state index is 0.500. The van der Waals surface area contributed by atoms with E-state index in [2.05, 4.69) is 66.1 Å². The Morgan fingerprint density at radius 1 is 0.962 bits per heavy atom. The van der Waals surface area contributed by atoms with Gasteiger partial charge in [-0.1, -0.05) is 0 Å². The van der Waals surface area contributed by atoms with Gasteiger partial charge in [0.2, 0.25) is 0 Å². The van der Waals surface area contributed by atoms with E-state index in [1.807, 2.05) is 0 Å². The largest absolute Gasteiger partial charge is 0.497 e. The fraction of sp³-hybridized carbons (Fsp3) is 0.455. The molecule has 4 nitrogen and oxygen atoms in total. The topological polar surface area (TPSA) is 24.9 Å². The summed E-state index contributed by atoms with van der Waals surface area (Å²) in [6, 6.07) is 16.1. The van der Waals surface area contributed by atoms with Crippen LogP contribution in [-0.4, -0.2) is 44.3 Å². The van der Waals surface area contributed by atoms with Gasteiger partial charge in [0.05, 0.1) is 14.2 Å². The number of rotatable bonds is 4. The van der Waals surface area contributed by atoms with Crippen LogP contribution in [0, 0.1) is 0 Å². The highest BCUT2D eigenvalue weighted by molar-refractivity contribution is 5.74. The van der Waals surface area contributed by atoms with Crippen LogP contribution in [0.25, 0.3) is 0 Å². The van der Waals surface area contributed by atoms with Crippen LogP contribution in [0.1, 0.15) is 31.7 Å². The molecule has 0 unspecified atom stereocenters. The minimum Gasteiger partial charge on any atom is -0.497 e. The Bertz CT molecular complexity index is 772. The molecule has 0 aromatic heterocycles. The van der Waals surface area contributed by atoms with E-state index in [1.165, 1.54) is 23.4 Å². The van der Waals surface area contributed by atoms with Crippen LogP contribution in [0.15, 0.2) is 42.5 Å². The van der Waals surface area contributed by atoms with Gasteiger partial charge in [0.1, 0.15) is 11.5 Å². The molecule has 0 radical (unpaired) electrons. The van der Waals surface area contributed by atoms with Crippen molar-refractivity contribution in [1.29, 1.82) is 0 Å². The summed E-state index contributed by atoms with van der Waals surface area (Å²) in [4.78, 5) is 5.12. The first-order chi connectivity index (χ1) is 12.6. The molecule has 2 aromatic carbocycles. The molecule has 138 valence electrons. The monoisotopic (exact) mass is 352 g/mol. The van der Waals surface area contributed by atoms with Crippen LogP contribution < -0.4 is 14.4 Å². The number of piperidine rings is 1. The Kier molecular flexibility index (Phi) is 4.53. The number of likely N-dealkylation sites (tertiary alicyclic amines) is 1. The van der Waals surface area contributed by atoms with Crippen LogP contribution in [-0.2, 0) is 0 Å². The van der Waals surface area contributed by atoms with Gasteiger partial charge in [-0.25, -0.2) is 0 Å². The zero-order valence-electron chi connectivity index (χ0n) is 16.1. The molecule has 26 heavy (non-hydrogen) atoms. The maximum absolute atomic E-state index is 5.52. The summed E-state index contributed by atoms with van der Waals surface area (Å²) in [7, 11) is 3.46. The van der Waals surface area contributed by atoms with Crippen molar-refractivity contribution < 1.29 is 9.47 Å². The van der Waals surface area contributed by atoms with Crippen LogP contribution in [0.2, 0.25) is 0 Å². The Morgan fingerprint density at radius 3 is 2.31 bits per heavy atom. The molecule has 4 heteroatoms. The molecular weight excluding hydrogens is 324 g/mol. The Labute approximate surface area is 156 Å². The lowest BCUT2D eigenvalue weighted by atomic mass is 9.88. The SMILES string of the molecule is COc1ccc(N2c3ccc(OC)cc3[C@@H]3CN(C(C)C)CC[C@H]32)cc1. The molecule has 2 heterocycles. The van der Waals surface area contributed by atoms with Gasteiger partial charge in [0.15, 0.2) is 0 Å². The highest BCUT2D eigenvalue weighted by atomic mass is 16.5. The van der Waals surface area contributed by atoms with E-state index in [0.29, 0.717) is 18.0 Å². The van der Waals surface area contributed by atoms with Gasteiger partial charge in [-0.05, 0) is 68.3 Å². The predicted molar refractivity (Wildman–Crippen MR) is 106 cm³/mol. The highest BCUT2D eigenvalue weighted by Crippen LogP contribution is 2.49. The van der Waals surface area contributed by atoms with E-state index in [4.69, 9.17) is 9.47 Å². The molecule has 1 saturated heterocycles. The van der Waals surface area contributed by atoms with Crippen molar-refractivity contribution in [3.63, 3.8) is 0 Å². The fourth-order valence-electron chi connectivity index (χ4n) is 4.48. The number of benzene rings is 2. The average Bonchev–Trinajstić information content (AvgIpc) is 3.00. The average molecular weight is 352 g/mol. The third-order valence-corrected chi connectivity index (χ3v) is 5.91. The number of methoxy groups -OCH3 is 2. The molecule has 2 aliphatic heterocycles. The first-order valence-corrected chi connectivity index (χ1v) is 9.47. The maximum Gasteiger partial charge on any atom is 0.119 e. The smallest absolute Gasteiger partial charge is 0.119 e. The quantitative estimate of drug-likeness (QED) is 0.813. The lowest BCUT2D eigenvalue weighted by molar-refractivity contribution is 0.159. The molecule has 2 aliphatic rings. The summed E-state index contributed by atoms with van der Waals surface area (Å²) in [5, 5.41) is 0. The molecule has 0 aliphatic carbocycles. The Balaban J connectivity index is 1.75. The summed E-state index contributed by atoms with van der Waals surface area (Å²) in [6.45, 7) is 6.85. The second-order valence-corrected chi connectivity index (χ2v) is 7.54. The van der Waals surface area contributed by atoms with Crippen molar-refractivity contribution in [2.24, 2.45) is 0 Å². The van der Waals surface area contributed by atoms with Gasteiger partial charge < -0.3 is 19.3 Å². The molecule has 1 fully saturated rings. The summed E-state index contributed by atoms with van der Waals surface area (Å²) in [5.74, 6) is 2.35. The van der Waals surface area contributed by atoms with Gasteiger partial charge in [-0.2, -0.15) is 0 Å². The van der Waals surface area contributed by atoms with Crippen molar-refractivity contribution in [3.8, 4) is 11.5 Å². The maximum atomic E-state index is 5.52. The van der Waals surface area contributed by atoms with Crippen molar-refractivity contribution in [2.45, 2.75) is 38.3 Å². The first kappa shape index (κ1) is 17.2. The van der Waals surface area contributed by atoms with E-state index in [-0.39, 0.29) is 0 Å². The predicted octanol–water partition coefficient (Wildman–Crippen LogP) is 4.42. The third-order valence-electron chi connectivity index (χ3n) is 5.91. The van der Waals surface area contributed by atoms with E-state index < -0.39 is 0 Å². The second kappa shape index (κ2) is 6.84. The molecular formula is C22H28N2O2. The lowest BCUT2D eigenvalue weighted by Gasteiger charge is -2.40. The van der Waals surface area contributed by atoms with E-state index >= 15 is 0 Å². The summed E-state index contributed by atoms with van der Waals surface area (Å²) in [5.41, 5.74) is 3.97. The number of hydrogen-bond donors (Lipinski definition) is 0. The van der Waals surface area contributed by atoms with Crippen LogP contribution in [0.4, 0.5) is 11.4 Å². The first-order valence-electron chi connectivity index (χ1n) is 9.47. The summed E-state index contributed by atoms with van der Waals surface area (Å²) in [6.07, 6.45) is 1.17. The molecule has 0 saturated carbocycles. The number of ether oxygens (including phenoxy) is 2. The molecule has 0 N–H and O–H groups in total. The van der Waals surface area contributed by atoms with Crippen LogP contribution in [0.5, 0.6) is 11.5 Å². The van der Waals surface area contributed by atoms with Crippen LogP contribution in [0.3, 0.4) is 0 Å². The minimum atomic E-state index is 0.500. The van der Waals surface area contributed by atoms with E-state index in [0.717, 1.165) is 24.6 Å². The molecule has 0 spiro atoms. The molecule has 2 aromatic rings. The van der Waals surface area contributed by atoms with E-state index in [9.17, 15) is 0 Å². The summed E-state index contributed by atoms with van der Waals surface area (Å²) >= 11 is 0. The van der Waals surface area contributed by atoms with Gasteiger partial charge in [0.25, 0.3) is 0 Å². The number of hydrogen-bond acceptors (Lipinski definition) is 4. The fourth-order valence-corrected chi connectivity index (χ4v) is 4.48. The molecule has 0 amide bonds. The molecule has 4 rings (SSSR count).